The first-order chi connectivity index (χ1) is 3.56. The second kappa shape index (κ2) is 8.36. The molecular formula is C2H3Ag2O5P. The molecule has 0 radical (unpaired) electrons. The van der Waals surface area contributed by atoms with Gasteiger partial charge in [-0.25, -0.2) is 0 Å². The van der Waals surface area contributed by atoms with E-state index >= 15 is 0 Å². The number of rotatable bonds is 3. The fourth-order valence-corrected chi connectivity index (χ4v) is 0.365. The van der Waals surface area contributed by atoms with Crippen molar-refractivity contribution in [1.29, 1.82) is 0 Å². The molecule has 10 heavy (non-hydrogen) atoms. The van der Waals surface area contributed by atoms with Crippen molar-refractivity contribution in [3.8, 4) is 0 Å². The molecule has 0 rings (SSSR count). The summed E-state index contributed by atoms with van der Waals surface area (Å²) in [5.41, 5.74) is 0. The van der Waals surface area contributed by atoms with Crippen LogP contribution in [-0.2, 0) is 58.6 Å². The normalized spacial score (nSPS) is 9.00. The van der Waals surface area contributed by atoms with Gasteiger partial charge in [0.15, 0.2) is 0 Å². The molecule has 0 spiro atoms. The van der Waals surface area contributed by atoms with Crippen molar-refractivity contribution in [2.75, 3.05) is 6.61 Å². The molecule has 68 valence electrons. The van der Waals surface area contributed by atoms with Crippen molar-refractivity contribution in [3.63, 3.8) is 0 Å². The molecule has 0 fully saturated rings. The van der Waals surface area contributed by atoms with E-state index in [0.29, 0.717) is 0 Å². The maximum atomic E-state index is 9.48. The van der Waals surface area contributed by atoms with Crippen LogP contribution in [0.15, 0.2) is 0 Å². The van der Waals surface area contributed by atoms with Crippen molar-refractivity contribution in [2.24, 2.45) is 0 Å². The molecule has 0 bridgehead atoms. The van der Waals surface area contributed by atoms with Crippen LogP contribution in [0.3, 0.4) is 0 Å². The van der Waals surface area contributed by atoms with Gasteiger partial charge in [-0.15, -0.1) is 0 Å². The predicted molar refractivity (Wildman–Crippen MR) is 19.6 cm³/mol. The minimum atomic E-state index is -4.91. The smallest absolute Gasteiger partial charge is 0.790 e. The topological polar surface area (TPSA) is 89.5 Å². The number of carbonyl (C=O) groups is 1. The summed E-state index contributed by atoms with van der Waals surface area (Å²) in [6.45, 7) is -0.690. The Balaban J connectivity index is -0.000000245. The summed E-state index contributed by atoms with van der Waals surface area (Å²) < 4.78 is 12.9. The molecule has 0 heterocycles. The Morgan fingerprint density at radius 1 is 1.40 bits per heavy atom. The van der Waals surface area contributed by atoms with E-state index in [1.165, 1.54) is 0 Å². The number of phosphoric acid groups is 1. The molecule has 0 aromatic carbocycles. The van der Waals surface area contributed by atoms with E-state index in [1.54, 1.807) is 0 Å². The molecule has 0 aliphatic carbocycles. The molecule has 0 saturated heterocycles. The van der Waals surface area contributed by atoms with Crippen molar-refractivity contribution >= 4 is 14.1 Å². The summed E-state index contributed by atoms with van der Waals surface area (Å²) in [6, 6.07) is 0. The third-order valence-corrected chi connectivity index (χ3v) is 0.766. The van der Waals surface area contributed by atoms with Crippen molar-refractivity contribution in [1.82, 2.24) is 0 Å². The molecule has 0 aromatic heterocycles. The summed E-state index contributed by atoms with van der Waals surface area (Å²) in [5.74, 6) is 0. The Labute approximate surface area is 88.8 Å². The largest absolute Gasteiger partial charge is 1.00 e. The summed E-state index contributed by atoms with van der Waals surface area (Å²) >= 11 is 0. The fourth-order valence-electron chi connectivity index (χ4n) is 0.122. The van der Waals surface area contributed by atoms with E-state index in [2.05, 4.69) is 4.52 Å². The van der Waals surface area contributed by atoms with Crippen molar-refractivity contribution in [2.45, 2.75) is 0 Å². The van der Waals surface area contributed by atoms with E-state index < -0.39 is 14.4 Å². The average molecular weight is 354 g/mol. The summed E-state index contributed by atoms with van der Waals surface area (Å²) in [7, 11) is -4.91. The van der Waals surface area contributed by atoms with Crippen LogP contribution in [0.25, 0.3) is 0 Å². The molecular weight excluding hydrogens is 351 g/mol. The van der Waals surface area contributed by atoms with Gasteiger partial charge in [0.1, 0.15) is 12.9 Å². The van der Waals surface area contributed by atoms with Crippen LogP contribution in [-0.4, -0.2) is 12.9 Å². The van der Waals surface area contributed by atoms with Gasteiger partial charge in [-0.05, 0) is 0 Å². The second-order valence-electron chi connectivity index (χ2n) is 0.910. The first-order valence-corrected chi connectivity index (χ1v) is 3.12. The molecule has 0 aliphatic heterocycles. The quantitative estimate of drug-likeness (QED) is 0.333. The molecule has 0 aromatic rings. The van der Waals surface area contributed by atoms with Gasteiger partial charge in [0.25, 0.3) is 0 Å². The zero-order chi connectivity index (χ0) is 6.62. The van der Waals surface area contributed by atoms with E-state index in [-0.39, 0.29) is 51.0 Å². The van der Waals surface area contributed by atoms with Gasteiger partial charge in [0.2, 0.25) is 0 Å². The second-order valence-corrected chi connectivity index (χ2v) is 2.06. The van der Waals surface area contributed by atoms with Crippen LogP contribution >= 0.6 is 7.82 Å². The molecule has 0 unspecified atom stereocenters. The van der Waals surface area contributed by atoms with Crippen molar-refractivity contribution in [3.05, 3.63) is 0 Å². The van der Waals surface area contributed by atoms with E-state index in [9.17, 15) is 19.1 Å². The predicted octanol–water partition coefficient (Wildman–Crippen LogP) is -1.97. The van der Waals surface area contributed by atoms with Crippen LogP contribution in [0.4, 0.5) is 0 Å². The van der Waals surface area contributed by atoms with Crippen LogP contribution in [0, 0.1) is 0 Å². The first kappa shape index (κ1) is 17.4. The molecule has 5 nitrogen and oxygen atoms in total. The Hall–Kier alpha value is 1.26. The number of carbonyl (C=O) groups excluding carboxylic acids is 1. The number of phosphoric ester groups is 1. The third-order valence-electron chi connectivity index (χ3n) is 0.301. The van der Waals surface area contributed by atoms with Gasteiger partial charge < -0.3 is 23.7 Å². The minimum Gasteiger partial charge on any atom is -0.790 e. The van der Waals surface area contributed by atoms with Gasteiger partial charge >= 0.3 is 44.8 Å². The fraction of sp³-hybridized carbons (Fsp3) is 0.500. The molecule has 0 aliphatic rings. The standard InChI is InChI=1S/C2H5O5P.2Ag/c3-1-2-7-8(4,5)6;;/h1H,2H2,(H2,4,5,6);;/q;2*+1/p-2. The number of hydrogen-bond acceptors (Lipinski definition) is 5. The van der Waals surface area contributed by atoms with Gasteiger partial charge in [0.05, 0.1) is 7.82 Å². The van der Waals surface area contributed by atoms with E-state index in [1.807, 2.05) is 0 Å². The van der Waals surface area contributed by atoms with Gasteiger partial charge in [-0.3, -0.25) is 0 Å². The Morgan fingerprint density at radius 2 is 1.80 bits per heavy atom. The van der Waals surface area contributed by atoms with Gasteiger partial charge in [0, 0.05) is 0 Å². The SMILES string of the molecule is O=CCOP(=O)([O-])[O-].[Ag+].[Ag+]. The monoisotopic (exact) mass is 352 g/mol. The first-order valence-electron chi connectivity index (χ1n) is 1.66. The minimum absolute atomic E-state index is 0. The Morgan fingerprint density at radius 3 is 1.90 bits per heavy atom. The van der Waals surface area contributed by atoms with Crippen LogP contribution in [0.2, 0.25) is 0 Å². The van der Waals surface area contributed by atoms with Gasteiger partial charge in [-0.2, -0.15) is 0 Å². The van der Waals surface area contributed by atoms with Crippen LogP contribution < -0.4 is 9.79 Å². The third kappa shape index (κ3) is 16.1. The zero-order valence-corrected chi connectivity index (χ0v) is 8.23. The Kier molecular flexibility index (Phi) is 14.5. The number of hydrogen-bond donors (Lipinski definition) is 0. The van der Waals surface area contributed by atoms with Crippen LogP contribution in [0.1, 0.15) is 0 Å². The summed E-state index contributed by atoms with van der Waals surface area (Å²) in [6.07, 6.45) is 0.183. The maximum absolute atomic E-state index is 9.48. The molecule has 0 atom stereocenters. The molecule has 0 N–H and O–H groups in total. The average Bonchev–Trinajstić information content (AvgIpc) is 1.59. The van der Waals surface area contributed by atoms with Crippen LogP contribution in [0.5, 0.6) is 0 Å². The molecule has 0 amide bonds. The van der Waals surface area contributed by atoms with Crippen molar-refractivity contribution < 1.29 is 68.4 Å². The van der Waals surface area contributed by atoms with Gasteiger partial charge in [-0.1, -0.05) is 0 Å². The maximum Gasteiger partial charge on any atom is 1.00 e. The zero-order valence-electron chi connectivity index (χ0n) is 4.38. The van der Waals surface area contributed by atoms with E-state index in [0.717, 1.165) is 0 Å². The summed E-state index contributed by atoms with van der Waals surface area (Å²) in [4.78, 5) is 28.3. The Bertz CT molecular complexity index is 121. The molecule has 8 heteroatoms. The molecule has 0 saturated carbocycles. The summed E-state index contributed by atoms with van der Waals surface area (Å²) in [5, 5.41) is 0. The van der Waals surface area contributed by atoms with E-state index in [4.69, 9.17) is 0 Å². The number of aldehydes is 1.